The van der Waals surface area contributed by atoms with Gasteiger partial charge in [0, 0.05) is 29.4 Å². The Morgan fingerprint density at radius 3 is 2.72 bits per heavy atom. The van der Waals surface area contributed by atoms with E-state index >= 15 is 0 Å². The van der Waals surface area contributed by atoms with E-state index in [9.17, 15) is 9.59 Å². The van der Waals surface area contributed by atoms with Crippen LogP contribution in [-0.2, 0) is 4.79 Å². The Morgan fingerprint density at radius 1 is 1.25 bits per heavy atom. The summed E-state index contributed by atoms with van der Waals surface area (Å²) in [6.45, 7) is 4.77. The average molecular weight is 458 g/mol. The van der Waals surface area contributed by atoms with Gasteiger partial charge >= 0.3 is 6.03 Å². The third kappa shape index (κ3) is 3.86. The number of thioether (sulfide) groups is 1. The summed E-state index contributed by atoms with van der Waals surface area (Å²) in [5, 5.41) is 9.76. The van der Waals surface area contributed by atoms with E-state index in [0.717, 1.165) is 49.4 Å². The van der Waals surface area contributed by atoms with Crippen molar-refractivity contribution in [3.63, 3.8) is 0 Å². The molecule has 8 nitrogen and oxygen atoms in total. The fraction of sp³-hybridized carbons (Fsp3) is 0.565. The lowest BCUT2D eigenvalue weighted by molar-refractivity contribution is -0.117. The lowest BCUT2D eigenvalue weighted by Gasteiger charge is -2.45. The molecule has 9 heteroatoms. The minimum absolute atomic E-state index is 0.00295. The second-order valence-electron chi connectivity index (χ2n) is 9.25. The zero-order valence-electron chi connectivity index (χ0n) is 18.5. The topological polar surface area (TPSA) is 109 Å². The number of nitrogens with one attached hydrogen (secondary N) is 3. The molecule has 3 fully saturated rings. The second-order valence-corrected chi connectivity index (χ2v) is 10.4. The van der Waals surface area contributed by atoms with Crippen LogP contribution in [0.25, 0.3) is 0 Å². The molecule has 3 heterocycles. The molecule has 1 aromatic carbocycles. The van der Waals surface area contributed by atoms with Crippen LogP contribution in [-0.4, -0.2) is 48.1 Å². The standard InChI is InChI=1S/C23H31N5O3S/c1-12(2)31-14-8-6-13(7-9-14)28-17-10-11-25-22-18(17)19(27-23(28)30)20(32-22)21(29)26-16-5-3-4-15(16)24/h6-9,12,15-18,22,25H,3-5,10-11,24H2,1-2H3,(H,26,29)(H,27,30)/t15-,16+,17?,18?,22?/m0/s1. The van der Waals surface area contributed by atoms with E-state index in [1.807, 2.05) is 43.0 Å². The number of benzene rings is 1. The van der Waals surface area contributed by atoms with Crippen molar-refractivity contribution in [2.75, 3.05) is 11.4 Å². The monoisotopic (exact) mass is 457 g/mol. The van der Waals surface area contributed by atoms with E-state index in [1.165, 1.54) is 11.8 Å². The SMILES string of the molecule is CC(C)Oc1ccc(N2C(=O)NC3=C(C(=O)N[C@@H]4CCC[C@@H]4N)SC4NCCC2C34)cc1. The van der Waals surface area contributed by atoms with Crippen LogP contribution in [0.1, 0.15) is 39.5 Å². The number of piperidine rings is 1. The van der Waals surface area contributed by atoms with E-state index in [-0.39, 0.29) is 47.5 Å². The van der Waals surface area contributed by atoms with Gasteiger partial charge < -0.3 is 26.4 Å². The van der Waals surface area contributed by atoms with Crippen LogP contribution in [0, 0.1) is 5.92 Å². The molecule has 0 aromatic heterocycles. The smallest absolute Gasteiger partial charge is 0.326 e. The Bertz CT molecular complexity index is 934. The number of urea groups is 1. The Labute approximate surface area is 192 Å². The minimum atomic E-state index is -0.190. The first-order valence-electron chi connectivity index (χ1n) is 11.5. The van der Waals surface area contributed by atoms with Crippen molar-refractivity contribution in [1.82, 2.24) is 16.0 Å². The first-order chi connectivity index (χ1) is 15.4. The van der Waals surface area contributed by atoms with E-state index in [4.69, 9.17) is 10.5 Å². The number of amides is 3. The highest BCUT2D eigenvalue weighted by Gasteiger charge is 2.51. The molecule has 1 aromatic rings. The fourth-order valence-corrected chi connectivity index (χ4v) is 6.68. The number of anilines is 1. The van der Waals surface area contributed by atoms with Crippen molar-refractivity contribution in [3.8, 4) is 5.75 Å². The number of nitrogens with zero attached hydrogens (tertiary/aromatic N) is 1. The molecule has 172 valence electrons. The molecule has 4 aliphatic rings. The Morgan fingerprint density at radius 2 is 2.03 bits per heavy atom. The summed E-state index contributed by atoms with van der Waals surface area (Å²) in [5.41, 5.74) is 7.74. The molecule has 1 aliphatic carbocycles. The number of hydrogen-bond acceptors (Lipinski definition) is 6. The lowest BCUT2D eigenvalue weighted by Crippen LogP contribution is -2.62. The summed E-state index contributed by atoms with van der Waals surface area (Å²) < 4.78 is 5.74. The highest BCUT2D eigenvalue weighted by molar-refractivity contribution is 8.04. The molecule has 3 aliphatic heterocycles. The van der Waals surface area contributed by atoms with Gasteiger partial charge in [0.1, 0.15) is 5.75 Å². The lowest BCUT2D eigenvalue weighted by atomic mass is 9.86. The number of carbonyl (C=O) groups is 2. The van der Waals surface area contributed by atoms with Crippen LogP contribution in [0.5, 0.6) is 5.75 Å². The first kappa shape index (κ1) is 21.6. The number of hydrogen-bond donors (Lipinski definition) is 4. The van der Waals surface area contributed by atoms with Crippen molar-refractivity contribution in [2.24, 2.45) is 11.7 Å². The highest BCUT2D eigenvalue weighted by atomic mass is 32.2. The van der Waals surface area contributed by atoms with Gasteiger partial charge in [-0.1, -0.05) is 11.8 Å². The second kappa shape index (κ2) is 8.61. The fourth-order valence-electron chi connectivity index (χ4n) is 5.28. The van der Waals surface area contributed by atoms with Crippen molar-refractivity contribution in [3.05, 3.63) is 34.9 Å². The van der Waals surface area contributed by atoms with E-state index < -0.39 is 0 Å². The molecule has 32 heavy (non-hydrogen) atoms. The quantitative estimate of drug-likeness (QED) is 0.540. The van der Waals surface area contributed by atoms with E-state index in [2.05, 4.69) is 16.0 Å². The predicted molar refractivity (Wildman–Crippen MR) is 125 cm³/mol. The van der Waals surface area contributed by atoms with Crippen LogP contribution in [0.3, 0.4) is 0 Å². The Balaban J connectivity index is 1.40. The number of ether oxygens (including phenoxy) is 1. The molecular formula is C23H31N5O3S. The van der Waals surface area contributed by atoms with E-state index in [0.29, 0.717) is 4.91 Å². The Hall–Kier alpha value is -2.23. The van der Waals surface area contributed by atoms with Crippen molar-refractivity contribution >= 4 is 29.4 Å². The van der Waals surface area contributed by atoms with E-state index in [1.54, 1.807) is 0 Å². The first-order valence-corrected chi connectivity index (χ1v) is 12.4. The largest absolute Gasteiger partial charge is 0.491 e. The third-order valence-electron chi connectivity index (χ3n) is 6.72. The zero-order chi connectivity index (χ0) is 22.4. The van der Waals surface area contributed by atoms with Crippen LogP contribution in [0.2, 0.25) is 0 Å². The Kier molecular flexibility index (Phi) is 5.81. The summed E-state index contributed by atoms with van der Waals surface area (Å²) in [6.07, 6.45) is 3.80. The maximum Gasteiger partial charge on any atom is 0.326 e. The van der Waals surface area contributed by atoms with Gasteiger partial charge in [0.05, 0.1) is 22.4 Å². The van der Waals surface area contributed by atoms with Gasteiger partial charge in [0.25, 0.3) is 5.91 Å². The van der Waals surface area contributed by atoms with Gasteiger partial charge in [-0.2, -0.15) is 0 Å². The van der Waals surface area contributed by atoms with Crippen molar-refractivity contribution < 1.29 is 14.3 Å². The summed E-state index contributed by atoms with van der Waals surface area (Å²) in [5.74, 6) is 0.702. The van der Waals surface area contributed by atoms with Crippen LogP contribution in [0.4, 0.5) is 10.5 Å². The number of rotatable bonds is 5. The van der Waals surface area contributed by atoms with Crippen LogP contribution < -0.4 is 31.3 Å². The molecular weight excluding hydrogens is 426 g/mol. The normalized spacial score (nSPS) is 31.6. The van der Waals surface area contributed by atoms with Crippen molar-refractivity contribution in [2.45, 2.75) is 69.1 Å². The number of nitrogens with two attached hydrogens (primary N) is 1. The molecule has 0 radical (unpaired) electrons. The van der Waals surface area contributed by atoms with Gasteiger partial charge in [-0.05, 0) is 70.3 Å². The molecule has 5 atom stereocenters. The molecule has 5 N–H and O–H groups in total. The van der Waals surface area contributed by atoms with Crippen molar-refractivity contribution in [1.29, 1.82) is 0 Å². The van der Waals surface area contributed by atoms with Gasteiger partial charge in [-0.3, -0.25) is 9.69 Å². The summed E-state index contributed by atoms with van der Waals surface area (Å²) >= 11 is 1.53. The van der Waals surface area contributed by atoms with Gasteiger partial charge in [-0.25, -0.2) is 4.79 Å². The highest BCUT2D eigenvalue weighted by Crippen LogP contribution is 2.48. The average Bonchev–Trinajstić information content (AvgIpc) is 3.33. The molecule has 5 rings (SSSR count). The van der Waals surface area contributed by atoms with Crippen LogP contribution >= 0.6 is 11.8 Å². The van der Waals surface area contributed by atoms with Gasteiger partial charge in [-0.15, -0.1) is 0 Å². The predicted octanol–water partition coefficient (Wildman–Crippen LogP) is 2.26. The molecule has 3 amide bonds. The minimum Gasteiger partial charge on any atom is -0.491 e. The zero-order valence-corrected chi connectivity index (χ0v) is 19.3. The molecule has 1 saturated carbocycles. The summed E-state index contributed by atoms with van der Waals surface area (Å²) in [6, 6.07) is 7.48. The van der Waals surface area contributed by atoms with Gasteiger partial charge in [0.2, 0.25) is 0 Å². The number of carbonyl (C=O) groups excluding carboxylic acids is 2. The maximum absolute atomic E-state index is 13.2. The maximum atomic E-state index is 13.2. The molecule has 0 bridgehead atoms. The third-order valence-corrected chi connectivity index (χ3v) is 8.07. The molecule has 2 saturated heterocycles. The summed E-state index contributed by atoms with van der Waals surface area (Å²) in [4.78, 5) is 28.8. The van der Waals surface area contributed by atoms with Crippen LogP contribution in [0.15, 0.2) is 34.9 Å². The van der Waals surface area contributed by atoms with Gasteiger partial charge in [0.15, 0.2) is 0 Å². The molecule has 0 spiro atoms. The molecule has 3 unspecified atom stereocenters. The summed E-state index contributed by atoms with van der Waals surface area (Å²) in [7, 11) is 0.